The normalized spacial score (nSPS) is 12.0. The van der Waals surface area contributed by atoms with Crippen molar-refractivity contribution in [2.75, 3.05) is 4.72 Å². The third-order valence-corrected chi connectivity index (χ3v) is 8.25. The Labute approximate surface area is 266 Å². The molecule has 238 valence electrons. The van der Waals surface area contributed by atoms with Gasteiger partial charge in [0.2, 0.25) is 0 Å². The highest BCUT2D eigenvalue weighted by Gasteiger charge is 2.38. The van der Waals surface area contributed by atoms with Gasteiger partial charge in [0.05, 0.1) is 35.3 Å². The van der Waals surface area contributed by atoms with Gasteiger partial charge in [0.15, 0.2) is 0 Å². The standard InChI is InChI=1S/C30H23N7O2S.C2HF3O2/c31-15-13-28(37-19-24(18-35-37)29-27-14-16-32-30(27)34-20-33-29)23-7-4-8-26(17-23)40(38,39)36-25-11-9-22(10-12-25)21-5-2-1-3-6-21;3-2(4,5)1(6)7/h1-12,14,16-20,28,36H,13H2,(H,32,33,34);(H,6,7). The van der Waals surface area contributed by atoms with Crippen molar-refractivity contribution in [1.82, 2.24) is 24.7 Å². The van der Waals surface area contributed by atoms with Gasteiger partial charge in [-0.3, -0.25) is 9.40 Å². The van der Waals surface area contributed by atoms with E-state index in [9.17, 15) is 26.9 Å². The maximum Gasteiger partial charge on any atom is 0.490 e. The number of nitrogens with zero attached hydrogens (tertiary/aromatic N) is 5. The molecule has 0 radical (unpaired) electrons. The fourth-order valence-electron chi connectivity index (χ4n) is 4.65. The fraction of sp³-hybridized carbons (Fsp3) is 0.0938. The highest BCUT2D eigenvalue weighted by molar-refractivity contribution is 7.92. The summed E-state index contributed by atoms with van der Waals surface area (Å²) >= 11 is 0. The van der Waals surface area contributed by atoms with E-state index in [0.717, 1.165) is 22.1 Å². The highest BCUT2D eigenvalue weighted by atomic mass is 32.2. The maximum absolute atomic E-state index is 13.3. The van der Waals surface area contributed by atoms with Crippen molar-refractivity contribution in [1.29, 1.82) is 5.26 Å². The lowest BCUT2D eigenvalue weighted by atomic mass is 10.0. The first-order chi connectivity index (χ1) is 22.5. The van der Waals surface area contributed by atoms with Crippen molar-refractivity contribution in [2.45, 2.75) is 23.5 Å². The number of nitriles is 1. The number of carbonyl (C=O) groups is 1. The van der Waals surface area contributed by atoms with Gasteiger partial charge in [0.25, 0.3) is 10.0 Å². The van der Waals surface area contributed by atoms with Gasteiger partial charge < -0.3 is 10.1 Å². The van der Waals surface area contributed by atoms with Crippen molar-refractivity contribution < 1.29 is 31.5 Å². The van der Waals surface area contributed by atoms with Crippen LogP contribution in [-0.4, -0.2) is 50.4 Å². The lowest BCUT2D eigenvalue weighted by Crippen LogP contribution is -2.21. The summed E-state index contributed by atoms with van der Waals surface area (Å²) in [5.41, 5.74) is 5.33. The molecule has 0 aliphatic carbocycles. The zero-order valence-corrected chi connectivity index (χ0v) is 24.9. The first kappa shape index (κ1) is 32.4. The number of carboxylic acid groups (broad SMARTS) is 1. The van der Waals surface area contributed by atoms with Crippen molar-refractivity contribution in [3.8, 4) is 28.5 Å². The molecule has 6 aromatic rings. The van der Waals surface area contributed by atoms with Gasteiger partial charge in [-0.2, -0.15) is 23.5 Å². The van der Waals surface area contributed by atoms with Gasteiger partial charge in [-0.1, -0.05) is 54.6 Å². The zero-order chi connectivity index (χ0) is 33.6. The quantitative estimate of drug-likeness (QED) is 0.168. The number of sulfonamides is 1. The van der Waals surface area contributed by atoms with Crippen LogP contribution in [0.3, 0.4) is 0 Å². The van der Waals surface area contributed by atoms with Gasteiger partial charge >= 0.3 is 12.1 Å². The van der Waals surface area contributed by atoms with Crippen LogP contribution in [0.5, 0.6) is 0 Å². The smallest absolute Gasteiger partial charge is 0.475 e. The molecule has 47 heavy (non-hydrogen) atoms. The van der Waals surface area contributed by atoms with Crippen molar-refractivity contribution in [3.63, 3.8) is 0 Å². The Morgan fingerprint density at radius 3 is 2.36 bits per heavy atom. The van der Waals surface area contributed by atoms with E-state index in [4.69, 9.17) is 9.90 Å². The summed E-state index contributed by atoms with van der Waals surface area (Å²) < 4.78 is 62.7. The van der Waals surface area contributed by atoms with E-state index < -0.39 is 28.2 Å². The molecule has 15 heteroatoms. The van der Waals surface area contributed by atoms with E-state index >= 15 is 0 Å². The molecule has 3 heterocycles. The lowest BCUT2D eigenvalue weighted by molar-refractivity contribution is -0.192. The molecule has 0 saturated carbocycles. The number of aliphatic carboxylic acids is 1. The third-order valence-electron chi connectivity index (χ3n) is 6.87. The van der Waals surface area contributed by atoms with Crippen LogP contribution in [0.4, 0.5) is 18.9 Å². The molecule has 0 spiro atoms. The molecule has 1 atom stereocenters. The van der Waals surface area contributed by atoms with Crippen LogP contribution in [0.2, 0.25) is 0 Å². The van der Waals surface area contributed by atoms with Gasteiger partial charge in [0.1, 0.15) is 12.0 Å². The number of hydrogen-bond acceptors (Lipinski definition) is 7. The summed E-state index contributed by atoms with van der Waals surface area (Å²) in [5.74, 6) is -2.76. The minimum atomic E-state index is -5.08. The van der Waals surface area contributed by atoms with E-state index in [1.165, 1.54) is 12.4 Å². The molecule has 1 unspecified atom stereocenters. The molecule has 0 bridgehead atoms. The van der Waals surface area contributed by atoms with E-state index in [1.807, 2.05) is 54.7 Å². The summed E-state index contributed by atoms with van der Waals surface area (Å²) in [6.45, 7) is 0. The topological polar surface area (TPSA) is 167 Å². The number of carboxylic acids is 1. The second-order valence-corrected chi connectivity index (χ2v) is 11.7. The van der Waals surface area contributed by atoms with Crippen molar-refractivity contribution in [3.05, 3.63) is 115 Å². The molecule has 0 amide bonds. The molecule has 0 saturated heterocycles. The Bertz CT molecular complexity index is 2160. The third kappa shape index (κ3) is 7.63. The molecule has 3 N–H and O–H groups in total. The highest BCUT2D eigenvalue weighted by Crippen LogP contribution is 2.29. The average Bonchev–Trinajstić information content (AvgIpc) is 3.75. The molecule has 3 aromatic carbocycles. The van der Waals surface area contributed by atoms with Gasteiger partial charge in [-0.15, -0.1) is 0 Å². The molecular weight excluding hydrogens is 635 g/mol. The first-order valence-electron chi connectivity index (χ1n) is 13.7. The number of H-pyrrole nitrogens is 1. The molecule has 0 fully saturated rings. The number of fused-ring (bicyclic) bond motifs is 1. The second-order valence-electron chi connectivity index (χ2n) is 9.97. The van der Waals surface area contributed by atoms with Crippen LogP contribution in [0.25, 0.3) is 33.4 Å². The van der Waals surface area contributed by atoms with Gasteiger partial charge in [-0.25, -0.2) is 23.2 Å². The van der Waals surface area contributed by atoms with Crippen LogP contribution in [0, 0.1) is 11.3 Å². The molecule has 6 rings (SSSR count). The molecule has 3 aromatic heterocycles. The molecular formula is C32H24F3N7O4S. The van der Waals surface area contributed by atoms with Gasteiger partial charge in [-0.05, 0) is 47.0 Å². The summed E-state index contributed by atoms with van der Waals surface area (Å²) in [7, 11) is -3.88. The van der Waals surface area contributed by atoms with Crippen LogP contribution in [0.15, 0.2) is 115 Å². The Morgan fingerprint density at radius 1 is 0.979 bits per heavy atom. The minimum Gasteiger partial charge on any atom is -0.475 e. The number of aromatic nitrogens is 5. The van der Waals surface area contributed by atoms with Gasteiger partial charge in [0, 0.05) is 29.0 Å². The monoisotopic (exact) mass is 659 g/mol. The number of alkyl halides is 3. The zero-order valence-electron chi connectivity index (χ0n) is 24.1. The predicted molar refractivity (Wildman–Crippen MR) is 166 cm³/mol. The van der Waals surface area contributed by atoms with E-state index in [1.54, 1.807) is 47.4 Å². The minimum absolute atomic E-state index is 0.0947. The molecule has 0 aliphatic heterocycles. The van der Waals surface area contributed by atoms with E-state index in [0.29, 0.717) is 22.6 Å². The van der Waals surface area contributed by atoms with Crippen molar-refractivity contribution in [2.24, 2.45) is 0 Å². The van der Waals surface area contributed by atoms with Crippen LogP contribution in [-0.2, 0) is 14.8 Å². The van der Waals surface area contributed by atoms with Crippen LogP contribution >= 0.6 is 0 Å². The Balaban J connectivity index is 0.000000559. The van der Waals surface area contributed by atoms with E-state index in [-0.39, 0.29) is 11.3 Å². The maximum atomic E-state index is 13.3. The number of hydrogen-bond donors (Lipinski definition) is 3. The summed E-state index contributed by atoms with van der Waals surface area (Å²) in [5, 5.41) is 22.1. The number of halogens is 3. The van der Waals surface area contributed by atoms with Crippen LogP contribution in [0.1, 0.15) is 18.0 Å². The number of anilines is 1. The molecule has 0 aliphatic rings. The Morgan fingerprint density at radius 2 is 1.68 bits per heavy atom. The number of rotatable bonds is 8. The second kappa shape index (κ2) is 13.5. The number of benzene rings is 3. The summed E-state index contributed by atoms with van der Waals surface area (Å²) in [6.07, 6.45) is 1.78. The Kier molecular flexibility index (Phi) is 9.33. The Hall–Kier alpha value is -6.01. The largest absolute Gasteiger partial charge is 0.490 e. The summed E-state index contributed by atoms with van der Waals surface area (Å²) in [6, 6.07) is 27.3. The van der Waals surface area contributed by atoms with Crippen LogP contribution < -0.4 is 4.72 Å². The molecule has 11 nitrogen and oxygen atoms in total. The lowest BCUT2D eigenvalue weighted by Gasteiger charge is -2.16. The SMILES string of the molecule is N#CCC(c1cccc(S(=O)(=O)Nc2ccc(-c3ccccc3)cc2)c1)n1cc(-c2ncnc3[nH]ccc23)cn1.O=C(O)C(F)(F)F. The fourth-order valence-corrected chi connectivity index (χ4v) is 5.76. The first-order valence-corrected chi connectivity index (χ1v) is 15.2. The van der Waals surface area contributed by atoms with Crippen molar-refractivity contribution >= 4 is 32.7 Å². The predicted octanol–water partition coefficient (Wildman–Crippen LogP) is 6.43. The van der Waals surface area contributed by atoms with E-state index in [2.05, 4.69) is 30.8 Å². The summed E-state index contributed by atoms with van der Waals surface area (Å²) in [4.78, 5) is 20.7. The number of aromatic amines is 1. The average molecular weight is 660 g/mol. The number of nitrogens with one attached hydrogen (secondary N) is 2.